The zero-order valence-corrected chi connectivity index (χ0v) is 8.08. The van der Waals surface area contributed by atoms with Gasteiger partial charge < -0.3 is 10.5 Å². The van der Waals surface area contributed by atoms with E-state index in [9.17, 15) is 0 Å². The summed E-state index contributed by atoms with van der Waals surface area (Å²) >= 11 is 0. The van der Waals surface area contributed by atoms with Crippen LogP contribution >= 0.6 is 0 Å². The number of ether oxygens (including phenoxy) is 1. The molecule has 0 unspecified atom stereocenters. The molecule has 2 atom stereocenters. The molecule has 2 nitrogen and oxygen atoms in total. The smallest absolute Gasteiger partial charge is 0.118 e. The number of rotatable bonds is 2. The Morgan fingerprint density at radius 1 is 1.38 bits per heavy atom. The summed E-state index contributed by atoms with van der Waals surface area (Å²) in [4.78, 5) is 0. The highest BCUT2D eigenvalue weighted by Crippen LogP contribution is 2.49. The summed E-state index contributed by atoms with van der Waals surface area (Å²) in [7, 11) is 1.67. The van der Waals surface area contributed by atoms with E-state index in [2.05, 4.69) is 19.1 Å². The van der Waals surface area contributed by atoms with Crippen LogP contribution in [0.5, 0.6) is 5.75 Å². The molecule has 1 aromatic carbocycles. The lowest BCUT2D eigenvalue weighted by molar-refractivity contribution is 0.414. The van der Waals surface area contributed by atoms with Crippen molar-refractivity contribution in [3.05, 3.63) is 29.8 Å². The molecule has 1 saturated carbocycles. The third kappa shape index (κ3) is 1.31. The third-order valence-electron chi connectivity index (χ3n) is 2.99. The van der Waals surface area contributed by atoms with Crippen LogP contribution in [0, 0.1) is 5.92 Å². The Bertz CT molecular complexity index is 306. The Balaban J connectivity index is 2.24. The van der Waals surface area contributed by atoms with Gasteiger partial charge in [-0.3, -0.25) is 0 Å². The Hall–Kier alpha value is -1.02. The van der Waals surface area contributed by atoms with Crippen LogP contribution in [0.2, 0.25) is 0 Å². The number of hydrogen-bond acceptors (Lipinski definition) is 2. The van der Waals surface area contributed by atoms with E-state index in [0.29, 0.717) is 5.92 Å². The number of nitrogens with two attached hydrogens (primary N) is 1. The molecule has 2 N–H and O–H groups in total. The predicted octanol–water partition coefficient (Wildman–Crippen LogP) is 1.89. The van der Waals surface area contributed by atoms with Gasteiger partial charge in [-0.15, -0.1) is 0 Å². The third-order valence-corrected chi connectivity index (χ3v) is 2.99. The minimum atomic E-state index is -0.0632. The molecule has 0 aliphatic heterocycles. The van der Waals surface area contributed by atoms with Gasteiger partial charge in [0.25, 0.3) is 0 Å². The second-order valence-electron chi connectivity index (χ2n) is 3.87. The normalized spacial score (nSPS) is 31.5. The first-order valence-corrected chi connectivity index (χ1v) is 4.60. The fourth-order valence-electron chi connectivity index (χ4n) is 1.75. The fourth-order valence-corrected chi connectivity index (χ4v) is 1.75. The molecule has 0 bridgehead atoms. The van der Waals surface area contributed by atoms with Crippen LogP contribution in [-0.4, -0.2) is 7.11 Å². The van der Waals surface area contributed by atoms with E-state index >= 15 is 0 Å². The second-order valence-corrected chi connectivity index (χ2v) is 3.87. The number of hydrogen-bond donors (Lipinski definition) is 1. The first-order chi connectivity index (χ1) is 6.16. The molecule has 2 rings (SSSR count). The van der Waals surface area contributed by atoms with Crippen molar-refractivity contribution in [2.45, 2.75) is 18.9 Å². The van der Waals surface area contributed by atoms with E-state index in [1.54, 1.807) is 7.11 Å². The molecule has 0 aromatic heterocycles. The molecule has 1 fully saturated rings. The van der Waals surface area contributed by atoms with Gasteiger partial charge in [-0.1, -0.05) is 19.1 Å². The zero-order valence-electron chi connectivity index (χ0n) is 8.08. The monoisotopic (exact) mass is 177 g/mol. The van der Waals surface area contributed by atoms with E-state index in [4.69, 9.17) is 10.5 Å². The molecule has 1 aliphatic rings. The first-order valence-electron chi connectivity index (χ1n) is 4.60. The van der Waals surface area contributed by atoms with Crippen molar-refractivity contribution in [3.63, 3.8) is 0 Å². The van der Waals surface area contributed by atoms with Crippen LogP contribution in [0.15, 0.2) is 24.3 Å². The average molecular weight is 177 g/mol. The molecule has 2 heteroatoms. The summed E-state index contributed by atoms with van der Waals surface area (Å²) in [5, 5.41) is 0. The second kappa shape index (κ2) is 2.74. The van der Waals surface area contributed by atoms with Crippen LogP contribution in [0.4, 0.5) is 0 Å². The maximum atomic E-state index is 6.16. The summed E-state index contributed by atoms with van der Waals surface area (Å²) in [5.74, 6) is 1.50. The van der Waals surface area contributed by atoms with Gasteiger partial charge in [0, 0.05) is 5.54 Å². The summed E-state index contributed by atoms with van der Waals surface area (Å²) in [6.45, 7) is 2.18. The standard InChI is InChI=1S/C11H15NO/c1-8-7-11(8,12)9-3-5-10(13-2)6-4-9/h3-6,8H,7,12H2,1-2H3/t8-,11+/m1/s1. The Morgan fingerprint density at radius 2 is 1.92 bits per heavy atom. The van der Waals surface area contributed by atoms with Gasteiger partial charge in [0.05, 0.1) is 7.11 Å². The highest BCUT2D eigenvalue weighted by atomic mass is 16.5. The highest BCUT2D eigenvalue weighted by Gasteiger charge is 2.48. The molecular formula is C11H15NO. The van der Waals surface area contributed by atoms with Crippen LogP contribution in [-0.2, 0) is 5.54 Å². The van der Waals surface area contributed by atoms with Crippen molar-refractivity contribution >= 4 is 0 Å². The predicted molar refractivity (Wildman–Crippen MR) is 52.6 cm³/mol. The average Bonchev–Trinajstić information content (AvgIpc) is 2.76. The topological polar surface area (TPSA) is 35.2 Å². The Morgan fingerprint density at radius 3 is 2.31 bits per heavy atom. The van der Waals surface area contributed by atoms with Crippen molar-refractivity contribution < 1.29 is 4.74 Å². The molecule has 0 saturated heterocycles. The van der Waals surface area contributed by atoms with Gasteiger partial charge in [0.1, 0.15) is 5.75 Å². The summed E-state index contributed by atoms with van der Waals surface area (Å²) in [6, 6.07) is 8.05. The summed E-state index contributed by atoms with van der Waals surface area (Å²) < 4.78 is 5.09. The molecule has 13 heavy (non-hydrogen) atoms. The van der Waals surface area contributed by atoms with Crippen molar-refractivity contribution in [1.29, 1.82) is 0 Å². The number of benzene rings is 1. The van der Waals surface area contributed by atoms with Gasteiger partial charge in [0.15, 0.2) is 0 Å². The Labute approximate surface area is 78.7 Å². The van der Waals surface area contributed by atoms with Crippen LogP contribution in [0.3, 0.4) is 0 Å². The molecule has 70 valence electrons. The van der Waals surface area contributed by atoms with Crippen LogP contribution in [0.1, 0.15) is 18.9 Å². The van der Waals surface area contributed by atoms with Crippen molar-refractivity contribution in [2.24, 2.45) is 11.7 Å². The van der Waals surface area contributed by atoms with E-state index < -0.39 is 0 Å². The molecule has 0 heterocycles. The maximum absolute atomic E-state index is 6.16. The van der Waals surface area contributed by atoms with Gasteiger partial charge in [-0.05, 0) is 30.0 Å². The lowest BCUT2D eigenvalue weighted by atomic mass is 10.0. The van der Waals surface area contributed by atoms with E-state index in [-0.39, 0.29) is 5.54 Å². The van der Waals surface area contributed by atoms with Gasteiger partial charge in [-0.2, -0.15) is 0 Å². The van der Waals surface area contributed by atoms with Crippen molar-refractivity contribution in [2.75, 3.05) is 7.11 Å². The summed E-state index contributed by atoms with van der Waals surface area (Å²) in [6.07, 6.45) is 1.10. The van der Waals surface area contributed by atoms with Crippen LogP contribution < -0.4 is 10.5 Å². The minimum absolute atomic E-state index is 0.0632. The quantitative estimate of drug-likeness (QED) is 0.748. The molecular weight excluding hydrogens is 162 g/mol. The van der Waals surface area contributed by atoms with Crippen molar-refractivity contribution in [1.82, 2.24) is 0 Å². The fraction of sp³-hybridized carbons (Fsp3) is 0.455. The molecule has 0 spiro atoms. The number of methoxy groups -OCH3 is 1. The van der Waals surface area contributed by atoms with E-state index in [0.717, 1.165) is 12.2 Å². The van der Waals surface area contributed by atoms with Crippen LogP contribution in [0.25, 0.3) is 0 Å². The molecule has 0 amide bonds. The van der Waals surface area contributed by atoms with Gasteiger partial charge in [0.2, 0.25) is 0 Å². The lowest BCUT2D eigenvalue weighted by Gasteiger charge is -2.10. The van der Waals surface area contributed by atoms with E-state index in [1.807, 2.05) is 12.1 Å². The molecule has 1 aromatic rings. The Kier molecular flexibility index (Phi) is 1.81. The first kappa shape index (κ1) is 8.57. The maximum Gasteiger partial charge on any atom is 0.118 e. The van der Waals surface area contributed by atoms with Crippen molar-refractivity contribution in [3.8, 4) is 5.75 Å². The van der Waals surface area contributed by atoms with Gasteiger partial charge >= 0.3 is 0 Å². The largest absolute Gasteiger partial charge is 0.497 e. The highest BCUT2D eigenvalue weighted by molar-refractivity contribution is 5.35. The molecule has 1 aliphatic carbocycles. The van der Waals surface area contributed by atoms with E-state index in [1.165, 1.54) is 5.56 Å². The van der Waals surface area contributed by atoms with Gasteiger partial charge in [-0.25, -0.2) is 0 Å². The molecule has 0 radical (unpaired) electrons. The lowest BCUT2D eigenvalue weighted by Crippen LogP contribution is -2.21. The minimum Gasteiger partial charge on any atom is -0.497 e. The zero-order chi connectivity index (χ0) is 9.47. The summed E-state index contributed by atoms with van der Waals surface area (Å²) in [5.41, 5.74) is 7.32. The SMILES string of the molecule is COc1ccc([C@]2(N)C[C@H]2C)cc1.